The molecule has 0 aromatic carbocycles. The van der Waals surface area contributed by atoms with E-state index in [1.165, 1.54) is 0 Å². The predicted molar refractivity (Wildman–Crippen MR) is 183 cm³/mol. The zero-order chi connectivity index (χ0) is 34.2. The molecule has 10 nitrogen and oxygen atoms in total. The molecule has 5 rings (SSSR count). The van der Waals surface area contributed by atoms with Crippen LogP contribution in [0, 0.1) is 27.7 Å². The summed E-state index contributed by atoms with van der Waals surface area (Å²) in [6, 6.07) is 0. The van der Waals surface area contributed by atoms with Crippen LogP contribution in [0.15, 0.2) is 0 Å². The quantitative estimate of drug-likeness (QED) is 0.132. The van der Waals surface area contributed by atoms with Crippen LogP contribution in [0.25, 0.3) is 23.8 Å². The number of carboxylic acid groups (broad SMARTS) is 2. The molecule has 1 aliphatic rings. The molecule has 0 saturated heterocycles. The van der Waals surface area contributed by atoms with Gasteiger partial charge in [-0.15, -0.1) is 0 Å². The van der Waals surface area contributed by atoms with Crippen molar-refractivity contribution in [3.63, 3.8) is 0 Å². The van der Waals surface area contributed by atoms with Gasteiger partial charge in [-0.05, 0) is 123 Å². The normalized spacial score (nSPS) is 12.4. The Balaban J connectivity index is 1.99. The first-order valence-corrected chi connectivity index (χ1v) is 16.3. The maximum atomic E-state index is 13.9. The number of rotatable bonds is 11. The molecule has 0 amide bonds. The molecule has 1 aliphatic heterocycles. The van der Waals surface area contributed by atoms with Crippen molar-refractivity contribution < 1.29 is 24.6 Å². The molecule has 4 aromatic heterocycles. The number of hydrogen-bond donors (Lipinski definition) is 7. The number of aliphatic carboxylic acids is 2. The second-order valence-corrected chi connectivity index (χ2v) is 12.4. The Kier molecular flexibility index (Phi) is 9.63. The van der Waals surface area contributed by atoms with E-state index in [2.05, 4.69) is 40.7 Å². The van der Waals surface area contributed by atoms with Gasteiger partial charge in [-0.25, -0.2) is 0 Å². The lowest BCUT2D eigenvalue weighted by Gasteiger charge is -2.08. The number of aromatic amines is 4. The molecule has 0 atom stereocenters. The van der Waals surface area contributed by atoms with E-state index < -0.39 is 11.9 Å². The average molecular weight is 640 g/mol. The minimum atomic E-state index is -0.884. The third kappa shape index (κ3) is 6.30. The third-order valence-electron chi connectivity index (χ3n) is 9.63. The summed E-state index contributed by atoms with van der Waals surface area (Å²) in [4.78, 5) is 51.6. The van der Waals surface area contributed by atoms with Gasteiger partial charge in [0.1, 0.15) is 0 Å². The Morgan fingerprint density at radius 3 is 1.79 bits per heavy atom. The summed E-state index contributed by atoms with van der Waals surface area (Å²) in [6.07, 6.45) is 8.27. The summed E-state index contributed by atoms with van der Waals surface area (Å²) in [5.74, 6) is -1.82. The molecular formula is C37H45N5O5. The van der Waals surface area contributed by atoms with Crippen LogP contribution in [0.1, 0.15) is 100 Å². The van der Waals surface area contributed by atoms with Gasteiger partial charge in [0.15, 0.2) is 5.78 Å². The second-order valence-electron chi connectivity index (χ2n) is 12.4. The van der Waals surface area contributed by atoms with Crippen LogP contribution < -0.4 is 27.1 Å². The van der Waals surface area contributed by atoms with E-state index in [9.17, 15) is 24.6 Å². The second kappa shape index (κ2) is 13.5. The van der Waals surface area contributed by atoms with Gasteiger partial charge in [0, 0.05) is 52.4 Å². The van der Waals surface area contributed by atoms with E-state index in [4.69, 9.17) is 5.73 Å². The van der Waals surface area contributed by atoms with Crippen LogP contribution in [-0.4, -0.2) is 54.4 Å². The van der Waals surface area contributed by atoms with Gasteiger partial charge in [0.25, 0.3) is 0 Å². The van der Waals surface area contributed by atoms with Crippen LogP contribution in [0.5, 0.6) is 0 Å². The number of ketones is 1. The fourth-order valence-electron chi connectivity index (χ4n) is 7.03. The number of H-pyrrole nitrogens is 4. The van der Waals surface area contributed by atoms with Gasteiger partial charge in [-0.2, -0.15) is 0 Å². The number of Topliss-reactive ketones (excluding diaryl/α,β-unsaturated/α-hetero) is 1. The molecule has 0 fully saturated rings. The number of fused-ring (bicyclic) bond motifs is 8. The molecule has 4 aromatic rings. The molecule has 248 valence electrons. The van der Waals surface area contributed by atoms with Crippen LogP contribution in [0.3, 0.4) is 0 Å². The maximum absolute atomic E-state index is 13.9. The van der Waals surface area contributed by atoms with Crippen molar-refractivity contribution in [2.75, 3.05) is 6.54 Å². The Morgan fingerprint density at radius 2 is 1.17 bits per heavy atom. The molecule has 0 aliphatic carbocycles. The number of carboxylic acids is 2. The summed E-state index contributed by atoms with van der Waals surface area (Å²) in [6.45, 7) is 12.5. The van der Waals surface area contributed by atoms with E-state index in [0.717, 1.165) is 95.1 Å². The van der Waals surface area contributed by atoms with Gasteiger partial charge in [-0.3, -0.25) is 14.4 Å². The van der Waals surface area contributed by atoms with E-state index >= 15 is 0 Å². The van der Waals surface area contributed by atoms with Crippen LogP contribution in [-0.2, 0) is 40.1 Å². The number of aromatic nitrogens is 4. The van der Waals surface area contributed by atoms with Crippen molar-refractivity contribution in [1.29, 1.82) is 0 Å². The molecule has 5 heterocycles. The standard InChI is InChI=1S/C37H45N5O5/c1-7-22-21(6)36-35(32(43)13-14-38)37-23(8-2)18(3)28(41-37)15-26-19(4)24(9-11-33(44)45)30(39-26)17-31-25(10-12-34(46)47)20(5)27(40-31)16-29(22)42-36/h15-17,39-42H,7-14,38H2,1-6H3,(H,44,45)(H,46,47). The van der Waals surface area contributed by atoms with Crippen molar-refractivity contribution in [2.45, 2.75) is 86.5 Å². The van der Waals surface area contributed by atoms with Crippen molar-refractivity contribution in [2.24, 2.45) is 5.73 Å². The fourth-order valence-corrected chi connectivity index (χ4v) is 7.03. The van der Waals surface area contributed by atoms with Crippen LogP contribution >= 0.6 is 0 Å². The van der Waals surface area contributed by atoms with E-state index in [1.54, 1.807) is 0 Å². The summed E-state index contributed by atoms with van der Waals surface area (Å²) in [7, 11) is 0. The van der Waals surface area contributed by atoms with E-state index in [-0.39, 0.29) is 31.6 Å². The lowest BCUT2D eigenvalue weighted by molar-refractivity contribution is -0.138. The first-order chi connectivity index (χ1) is 22.4. The maximum Gasteiger partial charge on any atom is 0.303 e. The molecule has 0 radical (unpaired) electrons. The van der Waals surface area contributed by atoms with E-state index in [0.29, 0.717) is 24.8 Å². The molecule has 47 heavy (non-hydrogen) atoms. The van der Waals surface area contributed by atoms with Crippen molar-refractivity contribution in [1.82, 2.24) is 19.9 Å². The number of nitrogens with one attached hydrogen (secondary N) is 4. The molecule has 8 bridgehead atoms. The summed E-state index contributed by atoms with van der Waals surface area (Å²) >= 11 is 0. The zero-order valence-electron chi connectivity index (χ0n) is 28.1. The zero-order valence-corrected chi connectivity index (χ0v) is 28.1. The molecule has 0 spiro atoms. The smallest absolute Gasteiger partial charge is 0.303 e. The fraction of sp³-hybridized carbons (Fsp3) is 0.378. The van der Waals surface area contributed by atoms with Crippen LogP contribution in [0.4, 0.5) is 0 Å². The number of carbonyl (C=O) groups is 3. The predicted octanol–water partition coefficient (Wildman–Crippen LogP) is 2.31. The minimum Gasteiger partial charge on any atom is -0.481 e. The topological polar surface area (TPSA) is 181 Å². The average Bonchev–Trinajstić information content (AvgIpc) is 3.68. The summed E-state index contributed by atoms with van der Waals surface area (Å²) < 4.78 is 0. The highest BCUT2D eigenvalue weighted by molar-refractivity contribution is 6.20. The number of hydrogen-bond acceptors (Lipinski definition) is 4. The molecule has 0 saturated carbocycles. The lowest BCUT2D eigenvalue weighted by atomic mass is 9.97. The molecule has 0 unspecified atom stereocenters. The molecule has 10 heteroatoms. The van der Waals surface area contributed by atoms with Crippen molar-refractivity contribution in [3.8, 4) is 0 Å². The third-order valence-corrected chi connectivity index (χ3v) is 9.63. The number of nitrogens with two attached hydrogens (primary N) is 1. The van der Waals surface area contributed by atoms with Gasteiger partial charge < -0.3 is 35.9 Å². The van der Waals surface area contributed by atoms with Gasteiger partial charge in [0.05, 0.1) is 16.6 Å². The Labute approximate surface area is 273 Å². The highest BCUT2D eigenvalue weighted by Crippen LogP contribution is 2.27. The summed E-state index contributed by atoms with van der Waals surface area (Å²) in [5.41, 5.74) is 17.5. The Morgan fingerprint density at radius 1 is 0.617 bits per heavy atom. The first kappa shape index (κ1) is 33.5. The highest BCUT2D eigenvalue weighted by Gasteiger charge is 2.24. The Bertz CT molecular complexity index is 2150. The monoisotopic (exact) mass is 639 g/mol. The van der Waals surface area contributed by atoms with Gasteiger partial charge in [0.2, 0.25) is 0 Å². The number of carbonyl (C=O) groups excluding carboxylic acids is 1. The van der Waals surface area contributed by atoms with E-state index in [1.807, 2.05) is 39.0 Å². The molecule has 8 N–H and O–H groups in total. The van der Waals surface area contributed by atoms with Gasteiger partial charge in [-0.1, -0.05) is 13.8 Å². The Hall–Kier alpha value is -4.83. The largest absolute Gasteiger partial charge is 0.481 e. The van der Waals surface area contributed by atoms with Gasteiger partial charge >= 0.3 is 11.9 Å². The minimum absolute atomic E-state index is 0.0326. The SMILES string of the molecule is CCc1c2[nH]c(c1C)C(C(=O)CCN)=c1[nH]c(c(C)c1CC)=Cc1[nH]c(c(CCC(=O)O)c1C)C=c1[nH]c(c(C)c1CCC(=O)O)=C2. The lowest BCUT2D eigenvalue weighted by Crippen LogP contribution is -2.23. The highest BCUT2D eigenvalue weighted by atomic mass is 16.4. The van der Waals surface area contributed by atoms with Crippen molar-refractivity contribution >= 4 is 41.5 Å². The van der Waals surface area contributed by atoms with Crippen molar-refractivity contribution in [3.05, 3.63) is 88.7 Å². The first-order valence-electron chi connectivity index (χ1n) is 16.3. The summed E-state index contributed by atoms with van der Waals surface area (Å²) in [5, 5.41) is 22.3. The molecular weight excluding hydrogens is 594 g/mol. The van der Waals surface area contributed by atoms with Crippen LogP contribution in [0.2, 0.25) is 0 Å².